The molecule has 0 aliphatic carbocycles. The number of rotatable bonds is 42. The third kappa shape index (κ3) is 33.3. The lowest BCUT2D eigenvalue weighted by Crippen LogP contribution is -2.32. The van der Waals surface area contributed by atoms with Crippen LogP contribution in [0.5, 0.6) is 0 Å². The number of unbranched alkanes of at least 4 members (excludes halogenated alkanes) is 35. The minimum Gasteiger partial charge on any atom is -0.430 e. The number of ether oxygens (including phenoxy) is 1. The van der Waals surface area contributed by atoms with Crippen LogP contribution in [0.3, 0.4) is 0 Å². The van der Waals surface area contributed by atoms with E-state index in [1.54, 1.807) is 0 Å². The molecule has 1 aliphatic heterocycles. The van der Waals surface area contributed by atoms with Gasteiger partial charge in [0, 0.05) is 0 Å². The number of carbonyl (C=O) groups excluding carboxylic acids is 1. The van der Waals surface area contributed by atoms with Crippen LogP contribution in [0.4, 0.5) is 0 Å². The molecule has 1 heterocycles. The minimum atomic E-state index is 0.00735. The van der Waals surface area contributed by atoms with Crippen LogP contribution >= 0.6 is 0 Å². The highest BCUT2D eigenvalue weighted by Crippen LogP contribution is 2.32. The van der Waals surface area contributed by atoms with Crippen molar-refractivity contribution < 1.29 is 9.53 Å². The largest absolute Gasteiger partial charge is 0.430 e. The average Bonchev–Trinajstić information content (AvgIpc) is 3.15. The first-order valence-electron chi connectivity index (χ1n) is 24.0. The lowest BCUT2D eigenvalue weighted by atomic mass is 9.93. The molecule has 0 spiro atoms. The van der Waals surface area contributed by atoms with Gasteiger partial charge in [0.05, 0.1) is 0 Å². The Labute approximate surface area is 327 Å². The first-order valence-corrected chi connectivity index (χ1v) is 24.0. The molecule has 0 aromatic carbocycles. The average molecular weight is 725 g/mol. The molecule has 2 nitrogen and oxygen atoms in total. The SMILES string of the molecule is CCCCCCCCCCCCCCC/C=C/CCCCCC/C=C1/OC(=O)C1CCCCCC/C=C/CCCCCCCCCCCCCCC. The molecular formula is C50H92O2. The van der Waals surface area contributed by atoms with Crippen LogP contribution in [-0.2, 0) is 9.53 Å². The van der Waals surface area contributed by atoms with Crippen LogP contribution in [0.25, 0.3) is 0 Å². The molecular weight excluding hydrogens is 633 g/mol. The lowest BCUT2D eigenvalue weighted by Gasteiger charge is -2.28. The van der Waals surface area contributed by atoms with Crippen molar-refractivity contribution in [1.82, 2.24) is 0 Å². The highest BCUT2D eigenvalue weighted by atomic mass is 16.6. The van der Waals surface area contributed by atoms with E-state index in [4.69, 9.17) is 4.74 Å². The predicted molar refractivity (Wildman–Crippen MR) is 232 cm³/mol. The van der Waals surface area contributed by atoms with Crippen molar-refractivity contribution in [1.29, 1.82) is 0 Å². The van der Waals surface area contributed by atoms with Crippen LogP contribution in [0.15, 0.2) is 36.1 Å². The molecule has 1 unspecified atom stereocenters. The number of cyclic esters (lactones) is 1. The van der Waals surface area contributed by atoms with Gasteiger partial charge in [-0.25, -0.2) is 0 Å². The van der Waals surface area contributed by atoms with Gasteiger partial charge in [0.25, 0.3) is 0 Å². The Balaban J connectivity index is 1.82. The van der Waals surface area contributed by atoms with Gasteiger partial charge in [0.15, 0.2) is 0 Å². The molecule has 52 heavy (non-hydrogen) atoms. The summed E-state index contributed by atoms with van der Waals surface area (Å²) in [5.41, 5.74) is 0. The zero-order valence-corrected chi connectivity index (χ0v) is 35.6. The van der Waals surface area contributed by atoms with E-state index in [0.717, 1.165) is 25.0 Å². The number of hydrogen-bond acceptors (Lipinski definition) is 2. The summed E-state index contributed by atoms with van der Waals surface area (Å²) < 4.78 is 5.40. The van der Waals surface area contributed by atoms with E-state index in [1.807, 2.05) is 0 Å². The van der Waals surface area contributed by atoms with Gasteiger partial charge in [0.1, 0.15) is 11.7 Å². The molecule has 1 rings (SSSR count). The van der Waals surface area contributed by atoms with E-state index in [0.29, 0.717) is 0 Å². The first kappa shape index (κ1) is 48.7. The fourth-order valence-corrected chi connectivity index (χ4v) is 7.76. The maximum Gasteiger partial charge on any atom is 0.321 e. The van der Waals surface area contributed by atoms with Crippen LogP contribution in [0, 0.1) is 5.92 Å². The van der Waals surface area contributed by atoms with Crippen LogP contribution in [0.2, 0.25) is 0 Å². The van der Waals surface area contributed by atoms with Gasteiger partial charge in [-0.15, -0.1) is 0 Å². The fraction of sp³-hybridized carbons (Fsp3) is 0.860. The normalized spacial score (nSPS) is 15.4. The molecule has 0 bridgehead atoms. The Hall–Kier alpha value is -1.31. The number of allylic oxidation sites excluding steroid dienone is 5. The second-order valence-electron chi connectivity index (χ2n) is 16.6. The molecule has 1 saturated heterocycles. The van der Waals surface area contributed by atoms with E-state index < -0.39 is 0 Å². The molecule has 0 aromatic heterocycles. The minimum absolute atomic E-state index is 0.00735. The summed E-state index contributed by atoms with van der Waals surface area (Å²) >= 11 is 0. The molecule has 1 atom stereocenters. The monoisotopic (exact) mass is 725 g/mol. The van der Waals surface area contributed by atoms with E-state index in [-0.39, 0.29) is 11.9 Å². The van der Waals surface area contributed by atoms with Crippen LogP contribution in [0.1, 0.15) is 271 Å². The molecule has 0 radical (unpaired) electrons. The van der Waals surface area contributed by atoms with Crippen molar-refractivity contribution in [2.45, 2.75) is 271 Å². The number of hydrogen-bond donors (Lipinski definition) is 0. The molecule has 0 saturated carbocycles. The number of esters is 1. The first-order chi connectivity index (χ1) is 25.8. The van der Waals surface area contributed by atoms with Crippen LogP contribution in [-0.4, -0.2) is 5.97 Å². The Morgan fingerprint density at radius 3 is 0.942 bits per heavy atom. The third-order valence-electron chi connectivity index (χ3n) is 11.4. The smallest absolute Gasteiger partial charge is 0.321 e. The molecule has 0 aromatic rings. The van der Waals surface area contributed by atoms with E-state index in [9.17, 15) is 4.79 Å². The zero-order valence-electron chi connectivity index (χ0n) is 35.6. The van der Waals surface area contributed by atoms with Gasteiger partial charge in [-0.3, -0.25) is 4.79 Å². The molecule has 0 amide bonds. The van der Waals surface area contributed by atoms with Gasteiger partial charge < -0.3 is 4.74 Å². The lowest BCUT2D eigenvalue weighted by molar-refractivity contribution is -0.157. The summed E-state index contributed by atoms with van der Waals surface area (Å²) in [6.45, 7) is 4.60. The Morgan fingerprint density at radius 2 is 0.635 bits per heavy atom. The van der Waals surface area contributed by atoms with E-state index in [1.165, 1.54) is 238 Å². The second-order valence-corrected chi connectivity index (χ2v) is 16.6. The summed E-state index contributed by atoms with van der Waals surface area (Å²) in [6, 6.07) is 0. The Kier molecular flexibility index (Phi) is 38.3. The summed E-state index contributed by atoms with van der Waals surface area (Å²) in [7, 11) is 0. The van der Waals surface area contributed by atoms with Gasteiger partial charge in [-0.2, -0.15) is 0 Å². The van der Waals surface area contributed by atoms with Crippen molar-refractivity contribution in [3.63, 3.8) is 0 Å². The third-order valence-corrected chi connectivity index (χ3v) is 11.4. The number of carbonyl (C=O) groups is 1. The summed E-state index contributed by atoms with van der Waals surface area (Å²) in [5.74, 6) is 1.03. The van der Waals surface area contributed by atoms with Gasteiger partial charge in [-0.1, -0.05) is 224 Å². The highest BCUT2D eigenvalue weighted by Gasteiger charge is 2.36. The maximum absolute atomic E-state index is 12.0. The van der Waals surface area contributed by atoms with Crippen molar-refractivity contribution in [2.24, 2.45) is 5.92 Å². The molecule has 0 N–H and O–H groups in total. The van der Waals surface area contributed by atoms with Crippen molar-refractivity contribution in [3.05, 3.63) is 36.1 Å². The maximum atomic E-state index is 12.0. The van der Waals surface area contributed by atoms with Crippen molar-refractivity contribution in [3.8, 4) is 0 Å². The van der Waals surface area contributed by atoms with Crippen molar-refractivity contribution in [2.75, 3.05) is 0 Å². The standard InChI is InChI=1S/C50H92O2/c1-3-5-7-9-11-13-15-17-19-21-23-25-27-29-31-33-35-37-39-41-43-45-47-49-48(50(51)52-49)46-44-42-40-38-36-34-32-30-28-26-24-22-20-18-16-14-12-10-8-6-4-2/h31-34,47-48H,3-30,35-46H2,1-2H3/b33-31+,34-32+,49-47+. The fourth-order valence-electron chi connectivity index (χ4n) is 7.76. The van der Waals surface area contributed by atoms with Crippen molar-refractivity contribution >= 4 is 5.97 Å². The molecule has 1 aliphatic rings. The summed E-state index contributed by atoms with van der Waals surface area (Å²) in [5, 5.41) is 0. The summed E-state index contributed by atoms with van der Waals surface area (Å²) in [6.07, 6.45) is 66.1. The second kappa shape index (κ2) is 40.9. The predicted octanol–water partition coefficient (Wildman–Crippen LogP) is 17.8. The van der Waals surface area contributed by atoms with Gasteiger partial charge >= 0.3 is 5.97 Å². The van der Waals surface area contributed by atoms with Crippen LogP contribution < -0.4 is 0 Å². The molecule has 1 fully saturated rings. The molecule has 2 heteroatoms. The quantitative estimate of drug-likeness (QED) is 0.0356. The zero-order chi connectivity index (χ0) is 37.3. The van der Waals surface area contributed by atoms with E-state index in [2.05, 4.69) is 44.2 Å². The topological polar surface area (TPSA) is 26.3 Å². The Bertz CT molecular complexity index is 822. The summed E-state index contributed by atoms with van der Waals surface area (Å²) in [4.78, 5) is 12.0. The Morgan fingerprint density at radius 1 is 0.365 bits per heavy atom. The van der Waals surface area contributed by atoms with Gasteiger partial charge in [0.2, 0.25) is 0 Å². The van der Waals surface area contributed by atoms with E-state index >= 15 is 0 Å². The highest BCUT2D eigenvalue weighted by molar-refractivity contribution is 5.82. The van der Waals surface area contributed by atoms with Gasteiger partial charge in [-0.05, 0) is 76.7 Å². The molecule has 304 valence electrons.